The second-order valence-corrected chi connectivity index (χ2v) is 8.38. The van der Waals surface area contributed by atoms with Crippen molar-refractivity contribution in [2.24, 2.45) is 5.92 Å². The van der Waals surface area contributed by atoms with Crippen LogP contribution in [-0.2, 0) is 4.79 Å². The highest BCUT2D eigenvalue weighted by molar-refractivity contribution is 5.84. The fraction of sp³-hybridized carbons (Fsp3) is 0.458. The largest absolute Gasteiger partial charge is 0.354 e. The summed E-state index contributed by atoms with van der Waals surface area (Å²) in [5, 5.41) is 3.24. The number of benzene rings is 2. The number of carbonyl (C=O) groups is 1. The first kappa shape index (κ1) is 20.0. The van der Waals surface area contributed by atoms with Crippen LogP contribution >= 0.6 is 0 Å². The number of carbonyl (C=O) groups excluding carboxylic acids is 1. The van der Waals surface area contributed by atoms with E-state index in [4.69, 9.17) is 0 Å². The quantitative estimate of drug-likeness (QED) is 0.780. The van der Waals surface area contributed by atoms with Crippen LogP contribution in [0, 0.1) is 11.7 Å². The summed E-state index contributed by atoms with van der Waals surface area (Å²) >= 11 is 0. The molecule has 0 radical (unpaired) electrons. The number of hydrogen-bond acceptors (Lipinski definition) is 3. The topological polar surface area (TPSA) is 35.6 Å². The molecule has 2 aromatic rings. The summed E-state index contributed by atoms with van der Waals surface area (Å²) in [5.41, 5.74) is 2.16. The maximum Gasteiger partial charge on any atom is 0.227 e. The normalized spacial score (nSPS) is 20.2. The molecular weight excluding hydrogens is 365 g/mol. The van der Waals surface area contributed by atoms with Gasteiger partial charge in [0.2, 0.25) is 5.91 Å². The molecular formula is C24H30FN3O. The molecule has 0 aromatic heterocycles. The molecule has 29 heavy (non-hydrogen) atoms. The number of piperazine rings is 1. The Hall–Kier alpha value is -2.24. The predicted molar refractivity (Wildman–Crippen MR) is 113 cm³/mol. The van der Waals surface area contributed by atoms with Crippen molar-refractivity contribution < 1.29 is 9.18 Å². The van der Waals surface area contributed by atoms with Crippen LogP contribution in [-0.4, -0.2) is 55.5 Å². The van der Waals surface area contributed by atoms with Gasteiger partial charge in [0.1, 0.15) is 5.82 Å². The molecule has 2 fully saturated rings. The molecule has 2 aliphatic rings. The first-order valence-electron chi connectivity index (χ1n) is 10.6. The Morgan fingerprint density at radius 2 is 1.66 bits per heavy atom. The zero-order valence-electron chi connectivity index (χ0n) is 17.1. The van der Waals surface area contributed by atoms with Crippen molar-refractivity contribution in [2.45, 2.75) is 24.8 Å². The van der Waals surface area contributed by atoms with Crippen LogP contribution in [0.2, 0.25) is 0 Å². The summed E-state index contributed by atoms with van der Waals surface area (Å²) in [6.07, 6.45) is 2.13. The van der Waals surface area contributed by atoms with Crippen LogP contribution in [0.15, 0.2) is 54.6 Å². The highest BCUT2D eigenvalue weighted by atomic mass is 19.1. The highest BCUT2D eigenvalue weighted by Crippen LogP contribution is 2.42. The Bertz CT molecular complexity index is 799. The average Bonchev–Trinajstić information content (AvgIpc) is 3.57. The molecule has 2 unspecified atom stereocenters. The van der Waals surface area contributed by atoms with Crippen molar-refractivity contribution >= 4 is 5.91 Å². The molecule has 1 saturated heterocycles. The lowest BCUT2D eigenvalue weighted by molar-refractivity contribution is -0.123. The number of nitrogens with zero attached hydrogens (tertiary/aromatic N) is 2. The average molecular weight is 396 g/mol. The number of nitrogens with one attached hydrogen (secondary N) is 1. The van der Waals surface area contributed by atoms with E-state index in [2.05, 4.69) is 46.4 Å². The van der Waals surface area contributed by atoms with Gasteiger partial charge in [-0.2, -0.15) is 0 Å². The third-order valence-electron chi connectivity index (χ3n) is 6.24. The number of hydrogen-bond donors (Lipinski definition) is 1. The third-order valence-corrected chi connectivity index (χ3v) is 6.24. The number of rotatable bonds is 7. The number of amides is 1. The smallest absolute Gasteiger partial charge is 0.227 e. The molecule has 1 heterocycles. The van der Waals surface area contributed by atoms with E-state index in [9.17, 15) is 9.18 Å². The van der Waals surface area contributed by atoms with E-state index in [0.717, 1.165) is 44.6 Å². The van der Waals surface area contributed by atoms with Gasteiger partial charge in [-0.3, -0.25) is 9.69 Å². The first-order chi connectivity index (χ1) is 14.1. The number of halogens is 1. The van der Waals surface area contributed by atoms with E-state index in [1.165, 1.54) is 17.7 Å². The molecule has 0 bridgehead atoms. The molecule has 2 aromatic carbocycles. The molecule has 1 saturated carbocycles. The minimum Gasteiger partial charge on any atom is -0.354 e. The second kappa shape index (κ2) is 9.06. The van der Waals surface area contributed by atoms with Crippen LogP contribution in [0.1, 0.15) is 35.9 Å². The fourth-order valence-corrected chi connectivity index (χ4v) is 4.31. The summed E-state index contributed by atoms with van der Waals surface area (Å²) < 4.78 is 13.3. The summed E-state index contributed by atoms with van der Waals surface area (Å²) in [6.45, 7) is 4.66. The lowest BCUT2D eigenvalue weighted by Crippen LogP contribution is -2.48. The Morgan fingerprint density at radius 1 is 1.00 bits per heavy atom. The van der Waals surface area contributed by atoms with Crippen molar-refractivity contribution in [3.63, 3.8) is 0 Å². The van der Waals surface area contributed by atoms with Gasteiger partial charge in [-0.05, 0) is 49.1 Å². The predicted octanol–water partition coefficient (Wildman–Crippen LogP) is 3.42. The molecule has 1 N–H and O–H groups in total. The van der Waals surface area contributed by atoms with Crippen molar-refractivity contribution in [2.75, 3.05) is 39.8 Å². The van der Waals surface area contributed by atoms with Crippen LogP contribution < -0.4 is 5.32 Å². The van der Waals surface area contributed by atoms with Gasteiger partial charge in [0.15, 0.2) is 0 Å². The van der Waals surface area contributed by atoms with E-state index < -0.39 is 0 Å². The zero-order valence-corrected chi connectivity index (χ0v) is 17.1. The summed E-state index contributed by atoms with van der Waals surface area (Å²) in [7, 11) is 2.15. The lowest BCUT2D eigenvalue weighted by Gasteiger charge is -2.38. The molecule has 154 valence electrons. The van der Waals surface area contributed by atoms with Gasteiger partial charge >= 0.3 is 0 Å². The minimum atomic E-state index is -0.261. The summed E-state index contributed by atoms with van der Waals surface area (Å²) in [5.74, 6) is -0.00383. The van der Waals surface area contributed by atoms with E-state index in [1.807, 2.05) is 6.07 Å². The molecule has 0 spiro atoms. The lowest BCUT2D eigenvalue weighted by atomic mass is 9.93. The second-order valence-electron chi connectivity index (χ2n) is 8.38. The van der Waals surface area contributed by atoms with Gasteiger partial charge in [0, 0.05) is 32.7 Å². The molecule has 4 rings (SSSR count). The number of likely N-dealkylation sites (N-methyl/N-ethyl adjacent to an activating group) is 1. The van der Waals surface area contributed by atoms with Gasteiger partial charge in [0.05, 0.1) is 12.0 Å². The van der Waals surface area contributed by atoms with Gasteiger partial charge < -0.3 is 10.2 Å². The third kappa shape index (κ3) is 5.03. The maximum atomic E-state index is 13.3. The zero-order chi connectivity index (χ0) is 20.2. The van der Waals surface area contributed by atoms with Crippen molar-refractivity contribution in [1.29, 1.82) is 0 Å². The van der Waals surface area contributed by atoms with Crippen molar-refractivity contribution in [3.8, 4) is 0 Å². The molecule has 1 aliphatic heterocycles. The Morgan fingerprint density at radius 3 is 2.28 bits per heavy atom. The molecule has 5 heteroatoms. The van der Waals surface area contributed by atoms with Crippen molar-refractivity contribution in [1.82, 2.24) is 15.1 Å². The van der Waals surface area contributed by atoms with Gasteiger partial charge in [-0.1, -0.05) is 42.5 Å². The maximum absolute atomic E-state index is 13.3. The van der Waals surface area contributed by atoms with Gasteiger partial charge in [-0.25, -0.2) is 4.39 Å². The Labute approximate surface area is 172 Å². The Kier molecular flexibility index (Phi) is 6.26. The minimum absolute atomic E-state index is 0.0640. The fourth-order valence-electron chi connectivity index (χ4n) is 4.31. The van der Waals surface area contributed by atoms with Crippen LogP contribution in [0.25, 0.3) is 0 Å². The van der Waals surface area contributed by atoms with E-state index in [-0.39, 0.29) is 23.7 Å². The van der Waals surface area contributed by atoms with Gasteiger partial charge in [0.25, 0.3) is 0 Å². The molecule has 2 atom stereocenters. The standard InChI is InChI=1S/C24H30FN3O/c1-27-13-15-28(16-14-27)22(18-5-3-2-4-6-18)17-26-24(29)23(19-7-8-19)20-9-11-21(25)12-10-20/h2-6,9-12,19,22-23H,7-8,13-17H2,1H3,(H,26,29). The van der Waals surface area contributed by atoms with Crippen LogP contribution in [0.3, 0.4) is 0 Å². The SMILES string of the molecule is CN1CCN(C(CNC(=O)C(c2ccc(F)cc2)C2CC2)c2ccccc2)CC1. The summed E-state index contributed by atoms with van der Waals surface area (Å²) in [4.78, 5) is 18.0. The Balaban J connectivity index is 1.47. The molecule has 1 aliphatic carbocycles. The first-order valence-corrected chi connectivity index (χ1v) is 10.6. The van der Waals surface area contributed by atoms with Crippen LogP contribution in [0.5, 0.6) is 0 Å². The van der Waals surface area contributed by atoms with E-state index in [0.29, 0.717) is 12.5 Å². The van der Waals surface area contributed by atoms with Crippen molar-refractivity contribution in [3.05, 3.63) is 71.5 Å². The summed E-state index contributed by atoms with van der Waals surface area (Å²) in [6, 6.07) is 17.0. The van der Waals surface area contributed by atoms with E-state index >= 15 is 0 Å². The molecule has 4 nitrogen and oxygen atoms in total. The monoisotopic (exact) mass is 395 g/mol. The highest BCUT2D eigenvalue weighted by Gasteiger charge is 2.37. The molecule has 1 amide bonds. The van der Waals surface area contributed by atoms with Gasteiger partial charge in [-0.15, -0.1) is 0 Å². The van der Waals surface area contributed by atoms with Crippen LogP contribution in [0.4, 0.5) is 4.39 Å². The van der Waals surface area contributed by atoms with E-state index in [1.54, 1.807) is 12.1 Å².